The molecule has 0 aromatic heterocycles. The third-order valence-electron chi connectivity index (χ3n) is 2.32. The second-order valence-electron chi connectivity index (χ2n) is 3.51. The molecule has 0 amide bonds. The Balaban J connectivity index is 2.61. The molecule has 0 radical (unpaired) electrons. The number of halogens is 1. The number of hydrogen-bond acceptors (Lipinski definition) is 0. The molecule has 72 valence electrons. The van der Waals surface area contributed by atoms with Crippen molar-refractivity contribution < 1.29 is 4.39 Å². The molecule has 1 rings (SSSR count). The second kappa shape index (κ2) is 5.00. The molecule has 1 aromatic carbocycles. The fraction of sp³-hybridized carbons (Fsp3) is 0.500. The van der Waals surface area contributed by atoms with Crippen LogP contribution in [0.1, 0.15) is 37.3 Å². The molecule has 0 aliphatic heterocycles. The summed E-state index contributed by atoms with van der Waals surface area (Å²) in [5.41, 5.74) is 1.63. The molecule has 0 heterocycles. The highest BCUT2D eigenvalue weighted by atomic mass is 19.1. The van der Waals surface area contributed by atoms with Gasteiger partial charge in [-0.15, -0.1) is 0 Å². The third-order valence-corrected chi connectivity index (χ3v) is 2.32. The summed E-state index contributed by atoms with van der Waals surface area (Å²) in [6.07, 6.45) is 4.35. The predicted molar refractivity (Wildman–Crippen MR) is 54.4 cm³/mol. The van der Waals surface area contributed by atoms with Gasteiger partial charge >= 0.3 is 0 Å². The topological polar surface area (TPSA) is 0 Å². The standard InChI is InChI=1S/C12H17F/c1-3-4-5-8-11-9-6-7-10(2)12(11)13/h6-7,9H,3-5,8H2,1-2H3. The van der Waals surface area contributed by atoms with Crippen LogP contribution in [0.5, 0.6) is 0 Å². The van der Waals surface area contributed by atoms with E-state index in [1.165, 1.54) is 12.8 Å². The lowest BCUT2D eigenvalue weighted by Crippen LogP contribution is -1.93. The van der Waals surface area contributed by atoms with Gasteiger partial charge in [0, 0.05) is 0 Å². The monoisotopic (exact) mass is 180 g/mol. The van der Waals surface area contributed by atoms with E-state index in [0.29, 0.717) is 0 Å². The maximum atomic E-state index is 13.4. The van der Waals surface area contributed by atoms with Gasteiger partial charge in [0.2, 0.25) is 0 Å². The van der Waals surface area contributed by atoms with Crippen molar-refractivity contribution in [2.45, 2.75) is 39.5 Å². The molecule has 13 heavy (non-hydrogen) atoms. The van der Waals surface area contributed by atoms with Crippen LogP contribution in [0.15, 0.2) is 18.2 Å². The Kier molecular flexibility index (Phi) is 3.94. The molecule has 0 aliphatic rings. The highest BCUT2D eigenvalue weighted by Crippen LogP contribution is 2.14. The van der Waals surface area contributed by atoms with Crippen molar-refractivity contribution in [2.24, 2.45) is 0 Å². The van der Waals surface area contributed by atoms with Crippen LogP contribution >= 0.6 is 0 Å². The van der Waals surface area contributed by atoms with Gasteiger partial charge in [-0.25, -0.2) is 4.39 Å². The molecule has 0 nitrogen and oxygen atoms in total. The minimum absolute atomic E-state index is 0.0152. The van der Waals surface area contributed by atoms with E-state index in [0.717, 1.165) is 24.0 Å². The Bertz CT molecular complexity index is 266. The zero-order chi connectivity index (χ0) is 9.68. The van der Waals surface area contributed by atoms with Crippen molar-refractivity contribution >= 4 is 0 Å². The van der Waals surface area contributed by atoms with E-state index in [9.17, 15) is 4.39 Å². The quantitative estimate of drug-likeness (QED) is 0.617. The summed E-state index contributed by atoms with van der Waals surface area (Å²) in [5, 5.41) is 0. The Morgan fingerprint density at radius 3 is 2.69 bits per heavy atom. The van der Waals surface area contributed by atoms with E-state index < -0.39 is 0 Å². The smallest absolute Gasteiger partial charge is 0.129 e. The normalized spacial score (nSPS) is 10.4. The van der Waals surface area contributed by atoms with Gasteiger partial charge in [-0.3, -0.25) is 0 Å². The fourth-order valence-corrected chi connectivity index (χ4v) is 1.47. The Morgan fingerprint density at radius 1 is 1.23 bits per heavy atom. The van der Waals surface area contributed by atoms with Gasteiger partial charge in [0.1, 0.15) is 5.82 Å². The molecular weight excluding hydrogens is 163 g/mol. The van der Waals surface area contributed by atoms with E-state index in [2.05, 4.69) is 6.92 Å². The summed E-state index contributed by atoms with van der Waals surface area (Å²) in [4.78, 5) is 0. The number of hydrogen-bond donors (Lipinski definition) is 0. The SMILES string of the molecule is CCCCCc1cccc(C)c1F. The average molecular weight is 180 g/mol. The largest absolute Gasteiger partial charge is 0.206 e. The van der Waals surface area contributed by atoms with E-state index in [4.69, 9.17) is 0 Å². The van der Waals surface area contributed by atoms with Crippen LogP contribution < -0.4 is 0 Å². The number of rotatable bonds is 4. The summed E-state index contributed by atoms with van der Waals surface area (Å²) < 4.78 is 13.4. The lowest BCUT2D eigenvalue weighted by atomic mass is 10.0. The van der Waals surface area contributed by atoms with E-state index >= 15 is 0 Å². The van der Waals surface area contributed by atoms with Crippen molar-refractivity contribution in [3.63, 3.8) is 0 Å². The predicted octanol–water partition coefficient (Wildman–Crippen LogP) is 3.87. The van der Waals surface area contributed by atoms with Crippen LogP contribution in [0.25, 0.3) is 0 Å². The Morgan fingerprint density at radius 2 is 2.00 bits per heavy atom. The van der Waals surface area contributed by atoms with Crippen LogP contribution in [0, 0.1) is 12.7 Å². The minimum atomic E-state index is -0.0152. The first-order valence-corrected chi connectivity index (χ1v) is 4.99. The highest BCUT2D eigenvalue weighted by molar-refractivity contribution is 5.24. The third kappa shape index (κ3) is 2.83. The average Bonchev–Trinajstić information content (AvgIpc) is 2.13. The fourth-order valence-electron chi connectivity index (χ4n) is 1.47. The van der Waals surface area contributed by atoms with Crippen LogP contribution in [0.2, 0.25) is 0 Å². The first-order valence-electron chi connectivity index (χ1n) is 4.99. The maximum absolute atomic E-state index is 13.4. The molecule has 0 spiro atoms. The van der Waals surface area contributed by atoms with Gasteiger partial charge in [0.05, 0.1) is 0 Å². The molecule has 1 aromatic rings. The van der Waals surface area contributed by atoms with Crippen LogP contribution in [-0.2, 0) is 6.42 Å². The van der Waals surface area contributed by atoms with E-state index in [-0.39, 0.29) is 5.82 Å². The maximum Gasteiger partial charge on any atom is 0.129 e. The van der Waals surface area contributed by atoms with Gasteiger partial charge in [-0.05, 0) is 30.9 Å². The summed E-state index contributed by atoms with van der Waals surface area (Å²) in [6, 6.07) is 5.64. The lowest BCUT2D eigenvalue weighted by Gasteiger charge is -2.04. The second-order valence-corrected chi connectivity index (χ2v) is 3.51. The number of unbranched alkanes of at least 4 members (excludes halogenated alkanes) is 2. The summed E-state index contributed by atoms with van der Waals surface area (Å²) >= 11 is 0. The van der Waals surface area contributed by atoms with Gasteiger partial charge in [0.25, 0.3) is 0 Å². The Hall–Kier alpha value is -0.850. The molecule has 0 atom stereocenters. The van der Waals surface area contributed by atoms with Gasteiger partial charge in [-0.1, -0.05) is 38.0 Å². The summed E-state index contributed by atoms with van der Waals surface area (Å²) in [6.45, 7) is 3.98. The molecule has 0 saturated heterocycles. The van der Waals surface area contributed by atoms with Crippen molar-refractivity contribution in [2.75, 3.05) is 0 Å². The van der Waals surface area contributed by atoms with Crippen LogP contribution in [0.3, 0.4) is 0 Å². The zero-order valence-electron chi connectivity index (χ0n) is 8.44. The minimum Gasteiger partial charge on any atom is -0.206 e. The molecule has 0 bridgehead atoms. The molecule has 0 saturated carbocycles. The van der Waals surface area contributed by atoms with Crippen molar-refractivity contribution in [3.8, 4) is 0 Å². The van der Waals surface area contributed by atoms with E-state index in [1.807, 2.05) is 25.1 Å². The molecular formula is C12H17F. The zero-order valence-corrected chi connectivity index (χ0v) is 8.44. The van der Waals surface area contributed by atoms with Gasteiger partial charge in [0.15, 0.2) is 0 Å². The first kappa shape index (κ1) is 10.2. The summed E-state index contributed by atoms with van der Waals surface area (Å²) in [5.74, 6) is -0.0152. The molecule has 0 unspecified atom stereocenters. The van der Waals surface area contributed by atoms with E-state index in [1.54, 1.807) is 0 Å². The highest BCUT2D eigenvalue weighted by Gasteiger charge is 2.03. The molecule has 1 heteroatoms. The molecule has 0 fully saturated rings. The van der Waals surface area contributed by atoms with Crippen LogP contribution in [-0.4, -0.2) is 0 Å². The van der Waals surface area contributed by atoms with Crippen molar-refractivity contribution in [3.05, 3.63) is 35.1 Å². The molecule has 0 aliphatic carbocycles. The number of aryl methyl sites for hydroxylation is 2. The Labute approximate surface area is 79.8 Å². The van der Waals surface area contributed by atoms with Crippen molar-refractivity contribution in [1.29, 1.82) is 0 Å². The lowest BCUT2D eigenvalue weighted by molar-refractivity contribution is 0.590. The number of benzene rings is 1. The summed E-state index contributed by atoms with van der Waals surface area (Å²) in [7, 11) is 0. The first-order chi connectivity index (χ1) is 6.25. The van der Waals surface area contributed by atoms with Crippen molar-refractivity contribution in [1.82, 2.24) is 0 Å². The van der Waals surface area contributed by atoms with Gasteiger partial charge in [-0.2, -0.15) is 0 Å². The van der Waals surface area contributed by atoms with Gasteiger partial charge < -0.3 is 0 Å². The molecule has 0 N–H and O–H groups in total. The van der Waals surface area contributed by atoms with Crippen LogP contribution in [0.4, 0.5) is 4.39 Å².